The third kappa shape index (κ3) is 3.82. The predicted molar refractivity (Wildman–Crippen MR) is 143 cm³/mol. The number of ketones is 2. The molecule has 4 atom stereocenters. The summed E-state index contributed by atoms with van der Waals surface area (Å²) in [4.78, 5) is 55.8. The fraction of sp³-hybridized carbons (Fsp3) is 0.467. The number of hydrogen-bond donors (Lipinski definition) is 1. The van der Waals surface area contributed by atoms with Gasteiger partial charge in [-0.3, -0.25) is 24.1 Å². The lowest BCUT2D eigenvalue weighted by Crippen LogP contribution is -2.43. The van der Waals surface area contributed by atoms with Gasteiger partial charge in [0, 0.05) is 29.2 Å². The van der Waals surface area contributed by atoms with Crippen molar-refractivity contribution in [3.63, 3.8) is 0 Å². The molecule has 0 unspecified atom stereocenters. The van der Waals surface area contributed by atoms with Gasteiger partial charge in [0.1, 0.15) is 0 Å². The number of phenolic OH excluding ortho intramolecular Hbond substituents is 1. The van der Waals surface area contributed by atoms with Crippen molar-refractivity contribution in [3.8, 4) is 11.5 Å². The summed E-state index contributed by atoms with van der Waals surface area (Å²) < 4.78 is 5.83. The number of allylic oxidation sites excluding steroid dienone is 6. The summed E-state index contributed by atoms with van der Waals surface area (Å²) in [5.41, 5.74) is 2.42. The number of Topliss-reactive ketones (excluding diaryl/α,β-unsaturated/α-hetero) is 1. The van der Waals surface area contributed by atoms with E-state index in [2.05, 4.69) is 15.9 Å². The molecule has 1 saturated heterocycles. The molecule has 1 saturated carbocycles. The Morgan fingerprint density at radius 2 is 1.82 bits per heavy atom. The molecule has 2 fully saturated rings. The number of imide groups is 1. The number of rotatable bonds is 4. The molecule has 1 N–H and O–H groups in total. The molecule has 8 heteroatoms. The quantitative estimate of drug-likeness (QED) is 0.310. The van der Waals surface area contributed by atoms with Gasteiger partial charge in [0.25, 0.3) is 0 Å². The molecular formula is C30H30BrNO6. The number of carbonyl (C=O) groups is 4. The molecular weight excluding hydrogens is 550 g/mol. The Bertz CT molecular complexity index is 1350. The van der Waals surface area contributed by atoms with Crippen LogP contribution in [0.1, 0.15) is 63.4 Å². The van der Waals surface area contributed by atoms with E-state index in [1.807, 2.05) is 13.0 Å². The van der Waals surface area contributed by atoms with Gasteiger partial charge < -0.3 is 9.84 Å². The lowest BCUT2D eigenvalue weighted by atomic mass is 9.59. The second-order valence-electron chi connectivity index (χ2n) is 10.9. The Balaban J connectivity index is 1.46. The van der Waals surface area contributed by atoms with Gasteiger partial charge >= 0.3 is 0 Å². The topological polar surface area (TPSA) is 101 Å². The molecule has 0 radical (unpaired) electrons. The Kier molecular flexibility index (Phi) is 6.41. The van der Waals surface area contributed by atoms with E-state index in [0.29, 0.717) is 35.5 Å². The highest BCUT2D eigenvalue weighted by Crippen LogP contribution is 2.56. The monoisotopic (exact) mass is 579 g/mol. The smallest absolute Gasteiger partial charge is 0.233 e. The normalized spacial score (nSPS) is 29.6. The first-order chi connectivity index (χ1) is 18.3. The van der Waals surface area contributed by atoms with Gasteiger partial charge in [-0.15, -0.1) is 0 Å². The van der Waals surface area contributed by atoms with Crippen molar-refractivity contribution in [3.05, 3.63) is 57.1 Å². The lowest BCUT2D eigenvalue weighted by molar-refractivity contribution is -0.143. The third-order valence-corrected chi connectivity index (χ3v) is 9.51. The zero-order valence-corrected chi connectivity index (χ0v) is 22.8. The molecule has 198 valence electrons. The minimum atomic E-state index is -0.565. The highest BCUT2D eigenvalue weighted by Gasteiger charge is 2.57. The molecule has 7 nitrogen and oxygen atoms in total. The molecule has 38 heavy (non-hydrogen) atoms. The van der Waals surface area contributed by atoms with Crippen molar-refractivity contribution in [2.24, 2.45) is 17.8 Å². The molecule has 6 rings (SSSR count). The van der Waals surface area contributed by atoms with Crippen LogP contribution in [-0.2, 0) is 19.2 Å². The van der Waals surface area contributed by atoms with E-state index < -0.39 is 17.8 Å². The Labute approximate surface area is 229 Å². The van der Waals surface area contributed by atoms with Crippen LogP contribution in [0, 0.1) is 17.8 Å². The number of halogens is 1. The van der Waals surface area contributed by atoms with Gasteiger partial charge in [-0.05, 0) is 72.2 Å². The van der Waals surface area contributed by atoms with Crippen LogP contribution in [-0.4, -0.2) is 46.0 Å². The number of carbonyl (C=O) groups excluding carboxylic acids is 4. The second-order valence-corrected chi connectivity index (χ2v) is 11.7. The average molecular weight is 580 g/mol. The highest BCUT2D eigenvalue weighted by molar-refractivity contribution is 9.12. The van der Waals surface area contributed by atoms with Gasteiger partial charge in [0.05, 0.1) is 22.9 Å². The first-order valence-electron chi connectivity index (χ1n) is 13.5. The minimum Gasteiger partial charge on any atom is -0.504 e. The third-order valence-electron chi connectivity index (χ3n) is 8.92. The van der Waals surface area contributed by atoms with E-state index in [1.54, 1.807) is 17.0 Å². The van der Waals surface area contributed by atoms with Crippen LogP contribution in [0.2, 0.25) is 0 Å². The number of fused-ring (bicyclic) bond motifs is 3. The molecule has 2 amide bonds. The lowest BCUT2D eigenvalue weighted by Gasteiger charge is -2.42. The van der Waals surface area contributed by atoms with E-state index in [4.69, 9.17) is 4.74 Å². The Morgan fingerprint density at radius 3 is 2.55 bits per heavy atom. The molecule has 1 aromatic rings. The zero-order chi connectivity index (χ0) is 26.7. The van der Waals surface area contributed by atoms with Crippen molar-refractivity contribution in [1.82, 2.24) is 4.90 Å². The number of nitrogens with zero attached hydrogens (tertiary/aromatic N) is 1. The maximum absolute atomic E-state index is 13.9. The van der Waals surface area contributed by atoms with Gasteiger partial charge in [0.15, 0.2) is 23.1 Å². The number of amides is 2. The number of phenols is 1. The fourth-order valence-electron chi connectivity index (χ4n) is 7.29. The summed E-state index contributed by atoms with van der Waals surface area (Å²) in [6.07, 6.45) is 8.87. The van der Waals surface area contributed by atoms with E-state index in [0.717, 1.165) is 37.7 Å². The zero-order valence-electron chi connectivity index (χ0n) is 21.2. The summed E-state index contributed by atoms with van der Waals surface area (Å²) in [7, 11) is 0. The molecule has 0 aromatic heterocycles. The molecule has 1 heterocycles. The van der Waals surface area contributed by atoms with Crippen molar-refractivity contribution >= 4 is 39.3 Å². The van der Waals surface area contributed by atoms with Crippen molar-refractivity contribution in [2.75, 3.05) is 6.61 Å². The molecule has 0 spiro atoms. The first kappa shape index (κ1) is 25.3. The maximum Gasteiger partial charge on any atom is 0.233 e. The van der Waals surface area contributed by atoms with Crippen LogP contribution in [0.15, 0.2) is 51.6 Å². The van der Waals surface area contributed by atoms with E-state index >= 15 is 0 Å². The van der Waals surface area contributed by atoms with E-state index in [-0.39, 0.29) is 52.0 Å². The molecule has 4 aliphatic carbocycles. The summed E-state index contributed by atoms with van der Waals surface area (Å²) in [6, 6.07) is 4.94. The average Bonchev–Trinajstić information content (AvgIpc) is 3.17. The minimum absolute atomic E-state index is 0.0109. The van der Waals surface area contributed by atoms with Crippen LogP contribution >= 0.6 is 15.9 Å². The standard InChI is InChI=1S/C30H30BrNO6/c1-2-38-24-12-15(8-11-22(24)33)25-17-9-10-18-26(30(37)32(29(18)36)16-6-4-3-5-7-16)19(17)13-20-27(25)23(34)14-21(31)28(20)35/h8-9,11-12,14,16,18-19,25-26,33H,2-7,10,13H2,1H3/t18-,19+,25-,26-/m0/s1. The fourth-order valence-corrected chi connectivity index (χ4v) is 7.74. The number of ether oxygens (including phenoxy) is 1. The maximum atomic E-state index is 13.9. The van der Waals surface area contributed by atoms with Crippen molar-refractivity contribution in [2.45, 2.75) is 63.8 Å². The number of likely N-dealkylation sites (tertiary alicyclic amines) is 1. The van der Waals surface area contributed by atoms with Crippen molar-refractivity contribution in [1.29, 1.82) is 0 Å². The number of hydrogen-bond acceptors (Lipinski definition) is 6. The largest absolute Gasteiger partial charge is 0.504 e. The van der Waals surface area contributed by atoms with Crippen LogP contribution in [0.3, 0.4) is 0 Å². The Morgan fingerprint density at radius 1 is 1.05 bits per heavy atom. The highest BCUT2D eigenvalue weighted by atomic mass is 79.9. The van der Waals surface area contributed by atoms with Crippen LogP contribution < -0.4 is 4.74 Å². The second kappa shape index (κ2) is 9.63. The summed E-state index contributed by atoms with van der Waals surface area (Å²) in [6.45, 7) is 2.17. The van der Waals surface area contributed by atoms with Gasteiger partial charge in [-0.25, -0.2) is 0 Å². The van der Waals surface area contributed by atoms with Gasteiger partial charge in [-0.1, -0.05) is 37.0 Å². The first-order valence-corrected chi connectivity index (χ1v) is 14.3. The molecule has 5 aliphatic rings. The molecule has 1 aromatic carbocycles. The van der Waals surface area contributed by atoms with E-state index in [1.165, 1.54) is 12.1 Å². The Hall–Kier alpha value is -3.00. The van der Waals surface area contributed by atoms with Gasteiger partial charge in [0.2, 0.25) is 11.8 Å². The SMILES string of the molecule is CCOc1cc([C@H]2C3=CC[C@@H]4C(=O)N(C5CCCCC5)C(=O)[C@@H]4[C@@H]3CC3=C2C(=O)C=C(Br)C3=O)ccc1O. The van der Waals surface area contributed by atoms with E-state index in [9.17, 15) is 24.3 Å². The van der Waals surface area contributed by atoms with Gasteiger partial charge in [-0.2, -0.15) is 0 Å². The molecule has 1 aliphatic heterocycles. The van der Waals surface area contributed by atoms with Crippen molar-refractivity contribution < 1.29 is 29.0 Å². The predicted octanol–water partition coefficient (Wildman–Crippen LogP) is 4.89. The number of benzene rings is 1. The molecule has 0 bridgehead atoms. The van der Waals surface area contributed by atoms with Crippen LogP contribution in [0.4, 0.5) is 0 Å². The number of aromatic hydroxyl groups is 1. The summed E-state index contributed by atoms with van der Waals surface area (Å²) in [5, 5.41) is 10.3. The summed E-state index contributed by atoms with van der Waals surface area (Å²) >= 11 is 3.26. The van der Waals surface area contributed by atoms with Crippen LogP contribution in [0.25, 0.3) is 0 Å². The summed E-state index contributed by atoms with van der Waals surface area (Å²) in [5.74, 6) is -2.34. The van der Waals surface area contributed by atoms with Crippen LogP contribution in [0.5, 0.6) is 11.5 Å².